The van der Waals surface area contributed by atoms with Gasteiger partial charge >= 0.3 is 0 Å². The summed E-state index contributed by atoms with van der Waals surface area (Å²) in [5, 5.41) is 6.78. The van der Waals surface area contributed by atoms with Gasteiger partial charge in [0.15, 0.2) is 5.52 Å². The molecule has 0 bridgehead atoms. The molecule has 7 nitrogen and oxygen atoms in total. The average Bonchev–Trinajstić information content (AvgIpc) is 2.92. The zero-order chi connectivity index (χ0) is 13.2. The maximum Gasteiger partial charge on any atom is 0.277 e. The molecule has 0 amide bonds. The fourth-order valence-corrected chi connectivity index (χ4v) is 1.86. The third-order valence-electron chi connectivity index (χ3n) is 2.83. The van der Waals surface area contributed by atoms with Crippen LogP contribution in [0.15, 0.2) is 35.5 Å². The van der Waals surface area contributed by atoms with E-state index >= 15 is 0 Å². The van der Waals surface area contributed by atoms with Crippen molar-refractivity contribution in [1.29, 1.82) is 0 Å². The first-order valence-corrected chi connectivity index (χ1v) is 5.78. The fourth-order valence-electron chi connectivity index (χ4n) is 1.86. The summed E-state index contributed by atoms with van der Waals surface area (Å²) in [6.07, 6.45) is 3.08. The highest BCUT2D eigenvalue weighted by Gasteiger charge is 2.07. The lowest BCUT2D eigenvalue weighted by Crippen LogP contribution is -2.19. The van der Waals surface area contributed by atoms with Crippen LogP contribution < -0.4 is 10.5 Å². The maximum absolute atomic E-state index is 11.7. The van der Waals surface area contributed by atoms with Crippen LogP contribution in [0.3, 0.4) is 0 Å². The van der Waals surface area contributed by atoms with Crippen molar-refractivity contribution in [3.05, 3.63) is 46.8 Å². The van der Waals surface area contributed by atoms with E-state index in [0.717, 1.165) is 5.69 Å². The zero-order valence-electron chi connectivity index (χ0n) is 10.3. The number of aromatic amines is 2. The minimum atomic E-state index is -0.234. The molecular weight excluding hydrogens is 244 g/mol. The number of aromatic nitrogens is 5. The largest absolute Gasteiger partial charge is 0.354 e. The number of anilines is 1. The van der Waals surface area contributed by atoms with Crippen molar-refractivity contribution in [3.8, 4) is 0 Å². The van der Waals surface area contributed by atoms with E-state index in [-0.39, 0.29) is 5.56 Å². The molecule has 96 valence electrons. The standard InChI is InChI=1S/C12H12N6O/c1-18(6-8-4-5-15-17-8)10-3-2-9-11(16-10)12(19)14-7-13-9/h2-5,7H,6H2,1H3,(H,15,17)(H,13,14,19). The van der Waals surface area contributed by atoms with Crippen molar-refractivity contribution >= 4 is 16.9 Å². The van der Waals surface area contributed by atoms with Crippen molar-refractivity contribution in [2.75, 3.05) is 11.9 Å². The van der Waals surface area contributed by atoms with Crippen LogP contribution in [-0.2, 0) is 6.54 Å². The van der Waals surface area contributed by atoms with Crippen LogP contribution in [0.25, 0.3) is 11.0 Å². The number of fused-ring (bicyclic) bond motifs is 1. The second kappa shape index (κ2) is 4.52. The normalized spacial score (nSPS) is 10.8. The Bertz CT molecular complexity index is 748. The molecule has 0 aliphatic heterocycles. The van der Waals surface area contributed by atoms with Crippen LogP contribution in [-0.4, -0.2) is 32.2 Å². The molecule has 19 heavy (non-hydrogen) atoms. The van der Waals surface area contributed by atoms with Gasteiger partial charge in [-0.25, -0.2) is 9.97 Å². The third-order valence-corrected chi connectivity index (χ3v) is 2.83. The van der Waals surface area contributed by atoms with Crippen molar-refractivity contribution in [3.63, 3.8) is 0 Å². The van der Waals surface area contributed by atoms with E-state index in [0.29, 0.717) is 23.4 Å². The summed E-state index contributed by atoms with van der Waals surface area (Å²) in [4.78, 5) is 24.5. The fraction of sp³-hybridized carbons (Fsp3) is 0.167. The number of pyridine rings is 1. The van der Waals surface area contributed by atoms with Crippen LogP contribution in [0, 0.1) is 0 Å². The second-order valence-corrected chi connectivity index (χ2v) is 4.21. The van der Waals surface area contributed by atoms with Crippen molar-refractivity contribution in [2.45, 2.75) is 6.54 Å². The lowest BCUT2D eigenvalue weighted by atomic mass is 10.3. The number of hydrogen-bond donors (Lipinski definition) is 2. The topological polar surface area (TPSA) is 90.6 Å². The molecule has 0 saturated carbocycles. The summed E-state index contributed by atoms with van der Waals surface area (Å²) in [6.45, 7) is 0.636. The number of rotatable bonds is 3. The maximum atomic E-state index is 11.7. The first kappa shape index (κ1) is 11.4. The Kier molecular flexibility index (Phi) is 2.71. The highest BCUT2D eigenvalue weighted by Crippen LogP contribution is 2.14. The third kappa shape index (κ3) is 2.17. The van der Waals surface area contributed by atoms with E-state index in [9.17, 15) is 4.79 Å². The number of hydrogen-bond acceptors (Lipinski definition) is 5. The number of nitrogens with one attached hydrogen (secondary N) is 2. The predicted molar refractivity (Wildman–Crippen MR) is 70.9 cm³/mol. The van der Waals surface area contributed by atoms with Gasteiger partial charge in [0, 0.05) is 13.2 Å². The van der Waals surface area contributed by atoms with Crippen LogP contribution >= 0.6 is 0 Å². The first-order valence-electron chi connectivity index (χ1n) is 5.78. The van der Waals surface area contributed by atoms with Crippen LogP contribution in [0.1, 0.15) is 5.69 Å². The van der Waals surface area contributed by atoms with Gasteiger partial charge < -0.3 is 9.88 Å². The minimum absolute atomic E-state index is 0.234. The van der Waals surface area contributed by atoms with Gasteiger partial charge in [0.05, 0.1) is 24.1 Å². The van der Waals surface area contributed by atoms with Gasteiger partial charge in [-0.2, -0.15) is 5.10 Å². The zero-order valence-corrected chi connectivity index (χ0v) is 10.3. The Morgan fingerprint density at radius 1 is 1.32 bits per heavy atom. The Balaban J connectivity index is 1.96. The Morgan fingerprint density at radius 2 is 2.21 bits per heavy atom. The molecule has 0 fully saturated rings. The summed E-state index contributed by atoms with van der Waals surface area (Å²) in [6, 6.07) is 5.52. The number of nitrogens with zero attached hydrogens (tertiary/aromatic N) is 4. The molecule has 0 aliphatic rings. The van der Waals surface area contributed by atoms with Crippen molar-refractivity contribution < 1.29 is 0 Å². The van der Waals surface area contributed by atoms with Crippen LogP contribution in [0.2, 0.25) is 0 Å². The Hall–Kier alpha value is -2.70. The first-order chi connectivity index (χ1) is 9.24. The van der Waals surface area contributed by atoms with Gasteiger partial charge in [-0.1, -0.05) is 0 Å². The average molecular weight is 256 g/mol. The Morgan fingerprint density at radius 3 is 3.00 bits per heavy atom. The molecule has 7 heteroatoms. The van der Waals surface area contributed by atoms with E-state index in [2.05, 4.69) is 25.1 Å². The van der Waals surface area contributed by atoms with Crippen molar-refractivity contribution in [1.82, 2.24) is 25.1 Å². The summed E-state index contributed by atoms with van der Waals surface area (Å²) >= 11 is 0. The molecule has 2 N–H and O–H groups in total. The molecule has 3 rings (SSSR count). The van der Waals surface area contributed by atoms with E-state index < -0.39 is 0 Å². The number of H-pyrrole nitrogens is 2. The highest BCUT2D eigenvalue weighted by atomic mass is 16.1. The molecule has 0 atom stereocenters. The molecule has 0 radical (unpaired) electrons. The lowest BCUT2D eigenvalue weighted by Gasteiger charge is -2.17. The smallest absolute Gasteiger partial charge is 0.277 e. The van der Waals surface area contributed by atoms with E-state index in [1.54, 1.807) is 12.3 Å². The quantitative estimate of drug-likeness (QED) is 0.719. The Labute approximate surface area is 108 Å². The molecule has 0 saturated heterocycles. The highest BCUT2D eigenvalue weighted by molar-refractivity contribution is 5.74. The summed E-state index contributed by atoms with van der Waals surface area (Å²) in [5.41, 5.74) is 1.67. The summed E-state index contributed by atoms with van der Waals surface area (Å²) in [5.74, 6) is 0.709. The lowest BCUT2D eigenvalue weighted by molar-refractivity contribution is 0.855. The predicted octanol–water partition coefficient (Wildman–Crippen LogP) is 0.678. The van der Waals surface area contributed by atoms with Crippen molar-refractivity contribution in [2.24, 2.45) is 0 Å². The SMILES string of the molecule is CN(Cc1ccn[nH]1)c1ccc2nc[nH]c(=O)c2n1. The molecule has 3 heterocycles. The molecule has 0 unspecified atom stereocenters. The second-order valence-electron chi connectivity index (χ2n) is 4.21. The van der Waals surface area contributed by atoms with Gasteiger partial charge in [0.2, 0.25) is 0 Å². The molecule has 3 aromatic rings. The van der Waals surface area contributed by atoms with E-state index in [1.807, 2.05) is 24.1 Å². The van der Waals surface area contributed by atoms with Crippen LogP contribution in [0.5, 0.6) is 0 Å². The molecular formula is C12H12N6O. The minimum Gasteiger partial charge on any atom is -0.354 e. The molecule has 0 aliphatic carbocycles. The van der Waals surface area contributed by atoms with Crippen LogP contribution in [0.4, 0.5) is 5.82 Å². The van der Waals surface area contributed by atoms with Gasteiger partial charge in [-0.3, -0.25) is 9.89 Å². The molecule has 0 aromatic carbocycles. The molecule has 3 aromatic heterocycles. The van der Waals surface area contributed by atoms with Gasteiger partial charge in [0.1, 0.15) is 5.82 Å². The van der Waals surface area contributed by atoms with E-state index in [4.69, 9.17) is 0 Å². The van der Waals surface area contributed by atoms with Gasteiger partial charge in [-0.05, 0) is 18.2 Å². The van der Waals surface area contributed by atoms with Gasteiger partial charge in [0.25, 0.3) is 5.56 Å². The van der Waals surface area contributed by atoms with E-state index in [1.165, 1.54) is 6.33 Å². The molecule has 0 spiro atoms. The summed E-state index contributed by atoms with van der Waals surface area (Å²) in [7, 11) is 1.90. The summed E-state index contributed by atoms with van der Waals surface area (Å²) < 4.78 is 0. The monoisotopic (exact) mass is 256 g/mol. The van der Waals surface area contributed by atoms with Gasteiger partial charge in [-0.15, -0.1) is 0 Å².